The largest absolute Gasteiger partial charge is 0.493 e. The third kappa shape index (κ3) is 3.89. The van der Waals surface area contributed by atoms with Gasteiger partial charge in [-0.05, 0) is 44.0 Å². The summed E-state index contributed by atoms with van der Waals surface area (Å²) in [7, 11) is 1.66. The molecule has 2 rings (SSSR count). The summed E-state index contributed by atoms with van der Waals surface area (Å²) < 4.78 is 11.3. The monoisotopic (exact) mass is 288 g/mol. The van der Waals surface area contributed by atoms with E-state index in [9.17, 15) is 0 Å². The maximum Gasteiger partial charge on any atom is 0.161 e. The summed E-state index contributed by atoms with van der Waals surface area (Å²) in [5.74, 6) is 1.51. The Labute approximate surface area is 127 Å². The normalized spacial score (nSPS) is 16.9. The Hall–Kier alpha value is -1.73. The zero-order valence-corrected chi connectivity index (χ0v) is 13.1. The van der Waals surface area contributed by atoms with E-state index in [1.807, 2.05) is 12.1 Å². The van der Waals surface area contributed by atoms with E-state index in [0.29, 0.717) is 13.0 Å². The number of ether oxygens (including phenoxy) is 2. The molecule has 0 aliphatic heterocycles. The lowest BCUT2D eigenvalue weighted by Gasteiger charge is -2.18. The van der Waals surface area contributed by atoms with Crippen LogP contribution in [0.3, 0.4) is 0 Å². The van der Waals surface area contributed by atoms with Crippen LogP contribution < -0.4 is 14.8 Å². The molecule has 4 heteroatoms. The van der Waals surface area contributed by atoms with Crippen LogP contribution in [0, 0.1) is 16.7 Å². The van der Waals surface area contributed by atoms with Crippen LogP contribution in [0.25, 0.3) is 0 Å². The van der Waals surface area contributed by atoms with Gasteiger partial charge in [0.15, 0.2) is 11.5 Å². The maximum atomic E-state index is 8.85. The quantitative estimate of drug-likeness (QED) is 0.796. The van der Waals surface area contributed by atoms with Crippen LogP contribution in [-0.2, 0) is 0 Å². The summed E-state index contributed by atoms with van der Waals surface area (Å²) in [6.45, 7) is 5.75. The van der Waals surface area contributed by atoms with Gasteiger partial charge in [0.1, 0.15) is 0 Å². The minimum Gasteiger partial charge on any atom is -0.493 e. The molecule has 0 spiro atoms. The van der Waals surface area contributed by atoms with E-state index >= 15 is 0 Å². The minimum atomic E-state index is 0.0789. The molecule has 4 nitrogen and oxygen atoms in total. The summed E-state index contributed by atoms with van der Waals surface area (Å²) >= 11 is 0. The number of benzene rings is 1. The van der Waals surface area contributed by atoms with E-state index in [0.717, 1.165) is 30.9 Å². The average molecular weight is 288 g/mol. The highest BCUT2D eigenvalue weighted by Gasteiger charge is 2.43. The molecule has 0 heterocycles. The van der Waals surface area contributed by atoms with Gasteiger partial charge < -0.3 is 14.8 Å². The average Bonchev–Trinajstić information content (AvgIpc) is 3.25. The molecule has 1 aliphatic rings. The standard InChI is InChI=1S/C17H24N2O2/c1-4-19-13(2)14-5-6-15(16(11-14)20-3)21-12-17(7-8-17)9-10-18/h5-6,11,13,19H,4,7-9,12H2,1-3H3. The summed E-state index contributed by atoms with van der Waals surface area (Å²) in [6.07, 6.45) is 2.74. The lowest BCUT2D eigenvalue weighted by atomic mass is 10.1. The van der Waals surface area contributed by atoms with Crippen LogP contribution >= 0.6 is 0 Å². The van der Waals surface area contributed by atoms with Gasteiger partial charge in [-0.25, -0.2) is 0 Å². The Kier molecular flexibility index (Phi) is 5.08. The second-order valence-corrected chi connectivity index (χ2v) is 5.81. The highest BCUT2D eigenvalue weighted by molar-refractivity contribution is 5.43. The van der Waals surface area contributed by atoms with E-state index in [4.69, 9.17) is 14.7 Å². The number of nitrogens with one attached hydrogen (secondary N) is 1. The molecule has 1 aliphatic carbocycles. The lowest BCUT2D eigenvalue weighted by molar-refractivity contribution is 0.227. The van der Waals surface area contributed by atoms with Gasteiger partial charge in [-0.2, -0.15) is 5.26 Å². The maximum absolute atomic E-state index is 8.85. The summed E-state index contributed by atoms with van der Waals surface area (Å²) in [5.41, 5.74) is 1.26. The molecule has 1 atom stereocenters. The molecule has 1 saturated carbocycles. The molecular weight excluding hydrogens is 264 g/mol. The molecule has 1 aromatic rings. The zero-order valence-electron chi connectivity index (χ0n) is 13.1. The summed E-state index contributed by atoms with van der Waals surface area (Å²) in [5, 5.41) is 12.2. The molecule has 1 aromatic carbocycles. The molecule has 0 radical (unpaired) electrons. The molecule has 0 saturated heterocycles. The van der Waals surface area contributed by atoms with E-state index < -0.39 is 0 Å². The van der Waals surface area contributed by atoms with Gasteiger partial charge in [-0.3, -0.25) is 0 Å². The van der Waals surface area contributed by atoms with Crippen LogP contribution in [0.5, 0.6) is 11.5 Å². The molecular formula is C17H24N2O2. The smallest absolute Gasteiger partial charge is 0.161 e. The van der Waals surface area contributed by atoms with Gasteiger partial charge in [0.2, 0.25) is 0 Å². The van der Waals surface area contributed by atoms with Gasteiger partial charge in [0.05, 0.1) is 19.8 Å². The van der Waals surface area contributed by atoms with Gasteiger partial charge in [-0.15, -0.1) is 0 Å². The van der Waals surface area contributed by atoms with Crippen molar-refractivity contribution in [1.82, 2.24) is 5.32 Å². The Bertz CT molecular complexity index is 518. The second kappa shape index (κ2) is 6.82. The highest BCUT2D eigenvalue weighted by Crippen LogP contribution is 2.49. The molecule has 1 fully saturated rings. The molecule has 0 aromatic heterocycles. The number of nitrogens with zero attached hydrogens (tertiary/aromatic N) is 1. The topological polar surface area (TPSA) is 54.3 Å². The number of hydrogen-bond acceptors (Lipinski definition) is 4. The number of hydrogen-bond donors (Lipinski definition) is 1. The second-order valence-electron chi connectivity index (χ2n) is 5.81. The van der Waals surface area contributed by atoms with E-state index in [1.165, 1.54) is 5.56 Å². The van der Waals surface area contributed by atoms with Gasteiger partial charge in [-0.1, -0.05) is 13.0 Å². The first-order chi connectivity index (χ1) is 10.1. The third-order valence-corrected chi connectivity index (χ3v) is 4.14. The number of rotatable bonds is 8. The zero-order chi connectivity index (χ0) is 15.3. The van der Waals surface area contributed by atoms with Crippen LogP contribution in [-0.4, -0.2) is 20.3 Å². The molecule has 114 valence electrons. The first-order valence-corrected chi connectivity index (χ1v) is 7.55. The fraction of sp³-hybridized carbons (Fsp3) is 0.588. The number of nitriles is 1. The predicted octanol–water partition coefficient (Wildman–Crippen LogP) is 3.44. The Balaban J connectivity index is 2.05. The predicted molar refractivity (Wildman–Crippen MR) is 82.5 cm³/mol. The van der Waals surface area contributed by atoms with Gasteiger partial charge in [0.25, 0.3) is 0 Å². The van der Waals surface area contributed by atoms with Crippen molar-refractivity contribution in [3.63, 3.8) is 0 Å². The molecule has 1 N–H and O–H groups in total. The van der Waals surface area contributed by atoms with E-state index in [1.54, 1.807) is 7.11 Å². The van der Waals surface area contributed by atoms with Crippen molar-refractivity contribution >= 4 is 0 Å². The molecule has 0 amide bonds. The fourth-order valence-corrected chi connectivity index (χ4v) is 2.44. The summed E-state index contributed by atoms with van der Waals surface area (Å²) in [4.78, 5) is 0. The summed E-state index contributed by atoms with van der Waals surface area (Å²) in [6, 6.07) is 8.59. The van der Waals surface area contributed by atoms with Crippen molar-refractivity contribution in [1.29, 1.82) is 5.26 Å². The number of methoxy groups -OCH3 is 1. The minimum absolute atomic E-state index is 0.0789. The van der Waals surface area contributed by atoms with Gasteiger partial charge >= 0.3 is 0 Å². The Morgan fingerprint density at radius 3 is 2.71 bits per heavy atom. The first kappa shape index (κ1) is 15.7. The van der Waals surface area contributed by atoms with Crippen molar-refractivity contribution in [2.24, 2.45) is 5.41 Å². The Morgan fingerprint density at radius 1 is 1.38 bits per heavy atom. The third-order valence-electron chi connectivity index (χ3n) is 4.14. The SMILES string of the molecule is CCNC(C)c1ccc(OCC2(CC#N)CC2)c(OC)c1. The van der Waals surface area contributed by atoms with Crippen molar-refractivity contribution in [3.05, 3.63) is 23.8 Å². The van der Waals surface area contributed by atoms with E-state index in [-0.39, 0.29) is 11.5 Å². The highest BCUT2D eigenvalue weighted by atomic mass is 16.5. The van der Waals surface area contributed by atoms with E-state index in [2.05, 4.69) is 31.3 Å². The fourth-order valence-electron chi connectivity index (χ4n) is 2.44. The molecule has 0 bridgehead atoms. The van der Waals surface area contributed by atoms with Crippen LogP contribution in [0.4, 0.5) is 0 Å². The van der Waals surface area contributed by atoms with Crippen molar-refractivity contribution in [2.45, 2.75) is 39.2 Å². The van der Waals surface area contributed by atoms with Crippen LogP contribution in [0.2, 0.25) is 0 Å². The Morgan fingerprint density at radius 2 is 2.14 bits per heavy atom. The van der Waals surface area contributed by atoms with Crippen molar-refractivity contribution < 1.29 is 9.47 Å². The molecule has 1 unspecified atom stereocenters. The first-order valence-electron chi connectivity index (χ1n) is 7.55. The lowest BCUT2D eigenvalue weighted by Crippen LogP contribution is -2.18. The van der Waals surface area contributed by atoms with Gasteiger partial charge in [0, 0.05) is 17.9 Å². The van der Waals surface area contributed by atoms with Crippen LogP contribution in [0.15, 0.2) is 18.2 Å². The van der Waals surface area contributed by atoms with Crippen molar-refractivity contribution in [2.75, 3.05) is 20.3 Å². The van der Waals surface area contributed by atoms with Crippen LogP contribution in [0.1, 0.15) is 44.7 Å². The molecule has 21 heavy (non-hydrogen) atoms. The van der Waals surface area contributed by atoms with Crippen molar-refractivity contribution in [3.8, 4) is 17.6 Å².